The molecule has 0 aliphatic carbocycles. The van der Waals surface area contributed by atoms with Crippen LogP contribution in [0.25, 0.3) is 0 Å². The molecule has 156 valence electrons. The van der Waals surface area contributed by atoms with Crippen LogP contribution in [-0.2, 0) is 4.79 Å². The van der Waals surface area contributed by atoms with E-state index in [1.807, 2.05) is 18.7 Å². The fourth-order valence-corrected chi connectivity index (χ4v) is 4.08. The van der Waals surface area contributed by atoms with Gasteiger partial charge in [-0.3, -0.25) is 14.7 Å². The first kappa shape index (κ1) is 22.0. The van der Waals surface area contributed by atoms with Gasteiger partial charge in [0.25, 0.3) is 0 Å². The zero-order valence-electron chi connectivity index (χ0n) is 18.0. The topological polar surface area (TPSA) is 60.0 Å². The lowest BCUT2D eigenvalue weighted by atomic mass is 10.0. The molecule has 0 spiro atoms. The molecule has 2 N–H and O–H groups in total. The van der Waals surface area contributed by atoms with E-state index in [1.165, 1.54) is 45.2 Å². The molecule has 2 fully saturated rings. The van der Waals surface area contributed by atoms with Crippen molar-refractivity contribution in [2.24, 2.45) is 10.9 Å². The first-order chi connectivity index (χ1) is 13.0. The first-order valence-corrected chi connectivity index (χ1v) is 11.1. The Kier molecular flexibility index (Phi) is 9.39. The van der Waals surface area contributed by atoms with Gasteiger partial charge in [0.05, 0.1) is 6.54 Å². The summed E-state index contributed by atoms with van der Waals surface area (Å²) in [5, 5.41) is 6.96. The third-order valence-electron chi connectivity index (χ3n) is 5.69. The number of likely N-dealkylation sites (tertiary alicyclic amines) is 2. The minimum absolute atomic E-state index is 0.0751. The summed E-state index contributed by atoms with van der Waals surface area (Å²) in [5.74, 6) is 1.24. The fraction of sp³-hybridized carbons (Fsp3) is 0.905. The van der Waals surface area contributed by atoms with Crippen LogP contribution in [0.15, 0.2) is 4.99 Å². The van der Waals surface area contributed by atoms with Gasteiger partial charge in [-0.1, -0.05) is 33.6 Å². The van der Waals surface area contributed by atoms with Crippen LogP contribution in [0.2, 0.25) is 0 Å². The molecule has 0 aromatic rings. The van der Waals surface area contributed by atoms with Crippen molar-refractivity contribution in [3.63, 3.8) is 0 Å². The molecule has 2 saturated heterocycles. The Labute approximate surface area is 166 Å². The Bertz CT molecular complexity index is 479. The fourth-order valence-electron chi connectivity index (χ4n) is 4.08. The van der Waals surface area contributed by atoms with E-state index < -0.39 is 0 Å². The minimum Gasteiger partial charge on any atom is -0.357 e. The van der Waals surface area contributed by atoms with E-state index in [-0.39, 0.29) is 11.8 Å². The number of nitrogens with one attached hydrogen (secondary N) is 2. The SMILES string of the molecule is CCCCN1CCCCC1CN=C(NCC)NC1CCN(C(=O)C(C)C)C1. The van der Waals surface area contributed by atoms with Gasteiger partial charge in [0.2, 0.25) is 5.91 Å². The maximum absolute atomic E-state index is 12.2. The van der Waals surface area contributed by atoms with E-state index in [9.17, 15) is 4.79 Å². The molecule has 2 aliphatic heterocycles. The lowest BCUT2D eigenvalue weighted by Gasteiger charge is -2.35. The highest BCUT2D eigenvalue weighted by atomic mass is 16.2. The van der Waals surface area contributed by atoms with E-state index in [0.717, 1.165) is 38.6 Å². The summed E-state index contributed by atoms with van der Waals surface area (Å²) in [6, 6.07) is 0.872. The number of hydrogen-bond donors (Lipinski definition) is 2. The molecular formula is C21H41N5O. The van der Waals surface area contributed by atoms with Gasteiger partial charge in [0, 0.05) is 37.6 Å². The highest BCUT2D eigenvalue weighted by Crippen LogP contribution is 2.18. The molecule has 2 rings (SSSR count). The lowest BCUT2D eigenvalue weighted by molar-refractivity contribution is -0.133. The van der Waals surface area contributed by atoms with Crippen LogP contribution in [0.3, 0.4) is 0 Å². The number of carbonyl (C=O) groups excluding carboxylic acids is 1. The third kappa shape index (κ3) is 6.98. The van der Waals surface area contributed by atoms with Crippen molar-refractivity contribution < 1.29 is 4.79 Å². The average Bonchev–Trinajstić information content (AvgIpc) is 3.13. The molecule has 0 aromatic heterocycles. The molecule has 2 aliphatic rings. The molecule has 27 heavy (non-hydrogen) atoms. The second-order valence-corrected chi connectivity index (χ2v) is 8.33. The third-order valence-corrected chi connectivity index (χ3v) is 5.69. The van der Waals surface area contributed by atoms with Gasteiger partial charge in [-0.2, -0.15) is 0 Å². The molecule has 0 radical (unpaired) electrons. The summed E-state index contributed by atoms with van der Waals surface area (Å²) in [6.07, 6.45) is 7.43. The average molecular weight is 380 g/mol. The van der Waals surface area contributed by atoms with Gasteiger partial charge in [-0.15, -0.1) is 0 Å². The van der Waals surface area contributed by atoms with Crippen LogP contribution in [0.4, 0.5) is 0 Å². The van der Waals surface area contributed by atoms with E-state index >= 15 is 0 Å². The number of hydrogen-bond acceptors (Lipinski definition) is 3. The number of unbranched alkanes of at least 4 members (excludes halogenated alkanes) is 1. The Morgan fingerprint density at radius 3 is 2.70 bits per heavy atom. The molecule has 0 aromatic carbocycles. The zero-order chi connectivity index (χ0) is 19.6. The maximum Gasteiger partial charge on any atom is 0.225 e. The predicted octanol–water partition coefficient (Wildman–Crippen LogP) is 2.45. The van der Waals surface area contributed by atoms with Gasteiger partial charge in [0.1, 0.15) is 0 Å². The largest absolute Gasteiger partial charge is 0.357 e. The standard InChI is InChI=1S/C21H41N5O/c1-5-7-12-25-13-9-8-10-19(25)15-23-21(22-6-2)24-18-11-14-26(16-18)20(27)17(3)4/h17-19H,5-16H2,1-4H3,(H2,22,23,24). The Balaban J connectivity index is 1.89. The molecule has 6 heteroatoms. The second-order valence-electron chi connectivity index (χ2n) is 8.33. The first-order valence-electron chi connectivity index (χ1n) is 11.1. The van der Waals surface area contributed by atoms with Gasteiger partial charge in [-0.25, -0.2) is 0 Å². The lowest BCUT2D eigenvalue weighted by Crippen LogP contribution is -2.47. The van der Waals surface area contributed by atoms with E-state index in [4.69, 9.17) is 4.99 Å². The number of carbonyl (C=O) groups is 1. The van der Waals surface area contributed by atoms with Crippen LogP contribution < -0.4 is 10.6 Å². The van der Waals surface area contributed by atoms with E-state index in [0.29, 0.717) is 12.1 Å². The number of rotatable bonds is 8. The van der Waals surface area contributed by atoms with Crippen molar-refractivity contribution in [3.8, 4) is 0 Å². The smallest absolute Gasteiger partial charge is 0.225 e. The Morgan fingerprint density at radius 2 is 2.00 bits per heavy atom. The maximum atomic E-state index is 12.2. The molecule has 6 nitrogen and oxygen atoms in total. The Morgan fingerprint density at radius 1 is 1.19 bits per heavy atom. The predicted molar refractivity (Wildman–Crippen MR) is 113 cm³/mol. The van der Waals surface area contributed by atoms with Gasteiger partial charge < -0.3 is 15.5 Å². The van der Waals surface area contributed by atoms with Crippen LogP contribution in [0.5, 0.6) is 0 Å². The van der Waals surface area contributed by atoms with Crippen molar-refractivity contribution in [2.45, 2.75) is 78.3 Å². The number of nitrogens with zero attached hydrogens (tertiary/aromatic N) is 3. The second kappa shape index (κ2) is 11.5. The summed E-state index contributed by atoms with van der Waals surface area (Å²) in [5.41, 5.74) is 0. The summed E-state index contributed by atoms with van der Waals surface area (Å²) in [4.78, 5) is 21.7. The highest BCUT2D eigenvalue weighted by molar-refractivity contribution is 5.81. The number of aliphatic imine (C=N–C) groups is 1. The molecule has 0 saturated carbocycles. The highest BCUT2D eigenvalue weighted by Gasteiger charge is 2.28. The van der Waals surface area contributed by atoms with Crippen molar-refractivity contribution in [2.75, 3.05) is 39.3 Å². The van der Waals surface area contributed by atoms with Crippen molar-refractivity contribution >= 4 is 11.9 Å². The summed E-state index contributed by atoms with van der Waals surface area (Å²) >= 11 is 0. The summed E-state index contributed by atoms with van der Waals surface area (Å²) < 4.78 is 0. The summed E-state index contributed by atoms with van der Waals surface area (Å²) in [6.45, 7) is 14.1. The molecule has 2 heterocycles. The monoisotopic (exact) mass is 379 g/mol. The van der Waals surface area contributed by atoms with Crippen molar-refractivity contribution in [1.29, 1.82) is 0 Å². The van der Waals surface area contributed by atoms with Gasteiger partial charge in [0.15, 0.2) is 5.96 Å². The number of piperidine rings is 1. The minimum atomic E-state index is 0.0751. The molecule has 2 atom stereocenters. The normalized spacial score (nSPS) is 24.5. The van der Waals surface area contributed by atoms with E-state index in [1.54, 1.807) is 0 Å². The van der Waals surface area contributed by atoms with Crippen molar-refractivity contribution in [3.05, 3.63) is 0 Å². The molecule has 2 unspecified atom stereocenters. The van der Waals surface area contributed by atoms with Gasteiger partial charge >= 0.3 is 0 Å². The zero-order valence-corrected chi connectivity index (χ0v) is 18.0. The quantitative estimate of drug-likeness (QED) is 0.502. The van der Waals surface area contributed by atoms with E-state index in [2.05, 4.69) is 29.4 Å². The van der Waals surface area contributed by atoms with Crippen LogP contribution >= 0.6 is 0 Å². The molecule has 1 amide bonds. The van der Waals surface area contributed by atoms with Crippen LogP contribution in [0, 0.1) is 5.92 Å². The van der Waals surface area contributed by atoms with Crippen LogP contribution in [0.1, 0.15) is 66.2 Å². The number of guanidine groups is 1. The van der Waals surface area contributed by atoms with Crippen LogP contribution in [-0.4, -0.2) is 73.0 Å². The summed E-state index contributed by atoms with van der Waals surface area (Å²) in [7, 11) is 0. The van der Waals surface area contributed by atoms with Gasteiger partial charge in [-0.05, 0) is 45.7 Å². The van der Waals surface area contributed by atoms with Crippen molar-refractivity contribution in [1.82, 2.24) is 20.4 Å². The number of amides is 1. The Hall–Kier alpha value is -1.30. The molecule has 0 bridgehead atoms. The molecular weight excluding hydrogens is 338 g/mol.